The van der Waals surface area contributed by atoms with Crippen LogP contribution in [0.4, 0.5) is 0 Å². The Kier molecular flexibility index (Phi) is 3.18. The van der Waals surface area contributed by atoms with Gasteiger partial charge >= 0.3 is 5.97 Å². The molecule has 1 heterocycles. The van der Waals surface area contributed by atoms with Crippen molar-refractivity contribution in [3.8, 4) is 5.88 Å². The Labute approximate surface area is 98.4 Å². The topological polar surface area (TPSA) is 61.3 Å². The SMILES string of the molecule is COC(=O)COc1nc2ccccc2nc1C. The Morgan fingerprint density at radius 2 is 1.88 bits per heavy atom. The van der Waals surface area contributed by atoms with E-state index in [0.29, 0.717) is 11.6 Å². The van der Waals surface area contributed by atoms with Crippen LogP contribution in [0, 0.1) is 6.92 Å². The third-order valence-corrected chi connectivity index (χ3v) is 2.26. The van der Waals surface area contributed by atoms with Gasteiger partial charge < -0.3 is 9.47 Å². The Morgan fingerprint density at radius 3 is 2.53 bits per heavy atom. The monoisotopic (exact) mass is 232 g/mol. The number of aromatic nitrogens is 2. The molecule has 2 aromatic rings. The summed E-state index contributed by atoms with van der Waals surface area (Å²) in [6.45, 7) is 1.62. The lowest BCUT2D eigenvalue weighted by Crippen LogP contribution is -2.14. The van der Waals surface area contributed by atoms with Gasteiger partial charge in [-0.2, -0.15) is 0 Å². The Bertz CT molecular complexity index is 554. The number of carbonyl (C=O) groups excluding carboxylic acids is 1. The number of methoxy groups -OCH3 is 1. The fourth-order valence-electron chi connectivity index (χ4n) is 1.39. The van der Waals surface area contributed by atoms with Crippen LogP contribution in [0.25, 0.3) is 11.0 Å². The highest BCUT2D eigenvalue weighted by Crippen LogP contribution is 2.17. The molecule has 0 N–H and O–H groups in total. The summed E-state index contributed by atoms with van der Waals surface area (Å²) in [5.41, 5.74) is 2.18. The number of ether oxygens (including phenoxy) is 2. The fourth-order valence-corrected chi connectivity index (χ4v) is 1.39. The normalized spacial score (nSPS) is 10.2. The number of rotatable bonds is 3. The van der Waals surface area contributed by atoms with E-state index in [1.54, 1.807) is 6.92 Å². The summed E-state index contributed by atoms with van der Waals surface area (Å²) >= 11 is 0. The highest BCUT2D eigenvalue weighted by molar-refractivity contribution is 5.75. The van der Waals surface area contributed by atoms with Crippen LogP contribution in [-0.4, -0.2) is 29.7 Å². The first-order chi connectivity index (χ1) is 8.20. The lowest BCUT2D eigenvalue weighted by atomic mass is 10.3. The number of carbonyl (C=O) groups is 1. The van der Waals surface area contributed by atoms with Crippen LogP contribution < -0.4 is 4.74 Å². The molecule has 0 fully saturated rings. The number of nitrogens with zero attached hydrogens (tertiary/aromatic N) is 2. The lowest BCUT2D eigenvalue weighted by Gasteiger charge is -2.07. The molecule has 0 bridgehead atoms. The molecule has 5 nitrogen and oxygen atoms in total. The van der Waals surface area contributed by atoms with Crippen molar-refractivity contribution in [2.45, 2.75) is 6.92 Å². The van der Waals surface area contributed by atoms with Gasteiger partial charge in [-0.25, -0.2) is 14.8 Å². The number of para-hydroxylation sites is 2. The van der Waals surface area contributed by atoms with E-state index in [4.69, 9.17) is 4.74 Å². The summed E-state index contributed by atoms with van der Waals surface area (Å²) in [5, 5.41) is 0. The average molecular weight is 232 g/mol. The third-order valence-electron chi connectivity index (χ3n) is 2.26. The third kappa shape index (κ3) is 2.50. The van der Waals surface area contributed by atoms with Crippen molar-refractivity contribution < 1.29 is 14.3 Å². The Hall–Kier alpha value is -2.17. The molecule has 0 unspecified atom stereocenters. The average Bonchev–Trinajstić information content (AvgIpc) is 2.35. The van der Waals surface area contributed by atoms with Crippen LogP contribution in [0.1, 0.15) is 5.69 Å². The van der Waals surface area contributed by atoms with Crippen molar-refractivity contribution in [2.24, 2.45) is 0 Å². The molecule has 1 aromatic heterocycles. The van der Waals surface area contributed by atoms with Crippen LogP contribution in [0.2, 0.25) is 0 Å². The van der Waals surface area contributed by atoms with Crippen LogP contribution in [0.5, 0.6) is 5.88 Å². The molecule has 88 valence electrons. The minimum Gasteiger partial charge on any atom is -0.466 e. The van der Waals surface area contributed by atoms with Crippen molar-refractivity contribution in [3.63, 3.8) is 0 Å². The molecule has 0 aliphatic rings. The van der Waals surface area contributed by atoms with E-state index in [9.17, 15) is 4.79 Å². The lowest BCUT2D eigenvalue weighted by molar-refractivity contribution is -0.143. The summed E-state index contributed by atoms with van der Waals surface area (Å²) in [6.07, 6.45) is 0. The molecule has 2 rings (SSSR count). The van der Waals surface area contributed by atoms with E-state index in [1.165, 1.54) is 7.11 Å². The predicted octanol–water partition coefficient (Wildman–Crippen LogP) is 1.49. The second kappa shape index (κ2) is 4.78. The van der Waals surface area contributed by atoms with Gasteiger partial charge in [0.1, 0.15) is 5.69 Å². The minimum absolute atomic E-state index is 0.162. The van der Waals surface area contributed by atoms with E-state index >= 15 is 0 Å². The first-order valence-corrected chi connectivity index (χ1v) is 5.13. The number of benzene rings is 1. The predicted molar refractivity (Wildman–Crippen MR) is 61.8 cm³/mol. The summed E-state index contributed by atoms with van der Waals surface area (Å²) in [4.78, 5) is 19.6. The van der Waals surface area contributed by atoms with Gasteiger partial charge in [-0.05, 0) is 19.1 Å². The fraction of sp³-hybridized carbons (Fsp3) is 0.250. The van der Waals surface area contributed by atoms with Crippen LogP contribution >= 0.6 is 0 Å². The Morgan fingerprint density at radius 1 is 1.24 bits per heavy atom. The summed E-state index contributed by atoms with van der Waals surface area (Å²) < 4.78 is 9.74. The standard InChI is InChI=1S/C12H12N2O3/c1-8-12(17-7-11(15)16-2)14-10-6-4-3-5-9(10)13-8/h3-6H,7H2,1-2H3. The molecule has 0 aliphatic heterocycles. The van der Waals surface area contributed by atoms with Gasteiger partial charge in [-0.15, -0.1) is 0 Å². The van der Waals surface area contributed by atoms with Gasteiger partial charge in [0.05, 0.1) is 18.1 Å². The van der Waals surface area contributed by atoms with E-state index in [2.05, 4.69) is 14.7 Å². The number of fused-ring (bicyclic) bond motifs is 1. The first-order valence-electron chi connectivity index (χ1n) is 5.13. The zero-order chi connectivity index (χ0) is 12.3. The molecule has 0 radical (unpaired) electrons. The van der Waals surface area contributed by atoms with Crippen LogP contribution in [0.3, 0.4) is 0 Å². The van der Waals surface area contributed by atoms with Gasteiger partial charge in [0.15, 0.2) is 6.61 Å². The molecule has 17 heavy (non-hydrogen) atoms. The van der Waals surface area contributed by atoms with E-state index in [-0.39, 0.29) is 6.61 Å². The van der Waals surface area contributed by atoms with Crippen molar-refractivity contribution in [2.75, 3.05) is 13.7 Å². The van der Waals surface area contributed by atoms with Gasteiger partial charge in [0.25, 0.3) is 0 Å². The van der Waals surface area contributed by atoms with E-state index < -0.39 is 5.97 Å². The summed E-state index contributed by atoms with van der Waals surface area (Å²) in [7, 11) is 1.31. The summed E-state index contributed by atoms with van der Waals surface area (Å²) in [5.74, 6) is -0.0894. The van der Waals surface area contributed by atoms with Gasteiger partial charge in [-0.1, -0.05) is 12.1 Å². The van der Waals surface area contributed by atoms with Gasteiger partial charge in [0, 0.05) is 0 Å². The maximum Gasteiger partial charge on any atom is 0.343 e. The van der Waals surface area contributed by atoms with Crippen molar-refractivity contribution in [1.82, 2.24) is 9.97 Å². The molecule has 0 spiro atoms. The highest BCUT2D eigenvalue weighted by Gasteiger charge is 2.08. The molecule has 1 aromatic carbocycles. The number of esters is 1. The second-order valence-corrected chi connectivity index (χ2v) is 3.47. The number of hydrogen-bond acceptors (Lipinski definition) is 5. The highest BCUT2D eigenvalue weighted by atomic mass is 16.6. The van der Waals surface area contributed by atoms with E-state index in [1.807, 2.05) is 24.3 Å². The molecule has 5 heteroatoms. The molecule has 0 saturated heterocycles. The minimum atomic E-state index is -0.445. The van der Waals surface area contributed by atoms with Crippen molar-refractivity contribution in [1.29, 1.82) is 0 Å². The van der Waals surface area contributed by atoms with Crippen molar-refractivity contribution in [3.05, 3.63) is 30.0 Å². The number of aryl methyl sites for hydroxylation is 1. The second-order valence-electron chi connectivity index (χ2n) is 3.47. The molecular formula is C12H12N2O3. The van der Waals surface area contributed by atoms with Crippen LogP contribution in [0.15, 0.2) is 24.3 Å². The Balaban J connectivity index is 2.28. The molecule has 0 amide bonds. The molecule has 0 saturated carbocycles. The zero-order valence-electron chi connectivity index (χ0n) is 9.64. The smallest absolute Gasteiger partial charge is 0.343 e. The molecule has 0 aliphatic carbocycles. The van der Waals surface area contributed by atoms with Gasteiger partial charge in [0.2, 0.25) is 5.88 Å². The number of hydrogen-bond donors (Lipinski definition) is 0. The molecule has 0 atom stereocenters. The van der Waals surface area contributed by atoms with Crippen LogP contribution in [-0.2, 0) is 9.53 Å². The maximum atomic E-state index is 11.0. The zero-order valence-corrected chi connectivity index (χ0v) is 9.64. The quantitative estimate of drug-likeness (QED) is 0.750. The van der Waals surface area contributed by atoms with E-state index in [0.717, 1.165) is 11.0 Å². The molecular weight excluding hydrogens is 220 g/mol. The first kappa shape index (κ1) is 11.3. The van der Waals surface area contributed by atoms with Crippen molar-refractivity contribution >= 4 is 17.0 Å². The summed E-state index contributed by atoms with van der Waals surface area (Å²) in [6, 6.07) is 7.48. The maximum absolute atomic E-state index is 11.0. The largest absolute Gasteiger partial charge is 0.466 e. The van der Waals surface area contributed by atoms with Gasteiger partial charge in [-0.3, -0.25) is 0 Å².